The summed E-state index contributed by atoms with van der Waals surface area (Å²) in [6, 6.07) is 12.5. The van der Waals surface area contributed by atoms with Crippen LogP contribution >= 0.6 is 0 Å². The lowest BCUT2D eigenvalue weighted by atomic mass is 10.1. The summed E-state index contributed by atoms with van der Waals surface area (Å²) in [4.78, 5) is 23.8. The maximum absolute atomic E-state index is 12.4. The largest absolute Gasteiger partial charge is 0.379 e. The van der Waals surface area contributed by atoms with Gasteiger partial charge in [-0.25, -0.2) is 0 Å². The Morgan fingerprint density at radius 2 is 1.67 bits per heavy atom. The highest BCUT2D eigenvalue weighted by atomic mass is 32.2. The van der Waals surface area contributed by atoms with Crippen LogP contribution in [0.5, 0.6) is 5.75 Å². The monoisotopic (exact) mass is 430 g/mol. The van der Waals surface area contributed by atoms with Gasteiger partial charge >= 0.3 is 10.1 Å². The summed E-state index contributed by atoms with van der Waals surface area (Å²) in [7, 11) is -3.94. The van der Waals surface area contributed by atoms with Crippen LogP contribution in [-0.4, -0.2) is 26.8 Å². The molecule has 8 heteroatoms. The van der Waals surface area contributed by atoms with Crippen molar-refractivity contribution in [1.29, 1.82) is 0 Å². The summed E-state index contributed by atoms with van der Waals surface area (Å²) in [5.41, 5.74) is 1.66. The minimum Gasteiger partial charge on any atom is -0.379 e. The highest BCUT2D eigenvalue weighted by Crippen LogP contribution is 2.20. The van der Waals surface area contributed by atoms with Gasteiger partial charge in [0, 0.05) is 13.5 Å². The fourth-order valence-corrected chi connectivity index (χ4v) is 3.42. The Balaban J connectivity index is 2.16. The number of aryl methyl sites for hydroxylation is 1. The van der Waals surface area contributed by atoms with E-state index in [1.54, 1.807) is 24.3 Å². The van der Waals surface area contributed by atoms with Crippen LogP contribution in [0.15, 0.2) is 59.1 Å². The van der Waals surface area contributed by atoms with Gasteiger partial charge in [-0.15, -0.1) is 0 Å². The van der Waals surface area contributed by atoms with Crippen molar-refractivity contribution in [3.63, 3.8) is 0 Å². The van der Waals surface area contributed by atoms with Crippen molar-refractivity contribution in [2.24, 2.45) is 0 Å². The third-order valence-electron chi connectivity index (χ3n) is 4.08. The van der Waals surface area contributed by atoms with Crippen LogP contribution in [0.3, 0.4) is 0 Å². The second-order valence-corrected chi connectivity index (χ2v) is 8.31. The molecule has 0 atom stereocenters. The van der Waals surface area contributed by atoms with E-state index in [1.807, 2.05) is 13.8 Å². The first-order valence-corrected chi connectivity index (χ1v) is 11.0. The number of unbranched alkanes of at least 4 members (excludes halogenated alkanes) is 1. The van der Waals surface area contributed by atoms with Crippen LogP contribution in [0.4, 0.5) is 0 Å². The topological polar surface area (TPSA) is 102 Å². The summed E-state index contributed by atoms with van der Waals surface area (Å²) in [5.74, 6) is -0.613. The Labute approximate surface area is 177 Å². The van der Waals surface area contributed by atoms with Crippen LogP contribution in [0.2, 0.25) is 0 Å². The summed E-state index contributed by atoms with van der Waals surface area (Å²) in [5, 5.41) is 5.26. The first kappa shape index (κ1) is 23.2. The van der Waals surface area contributed by atoms with Gasteiger partial charge in [0.25, 0.3) is 5.91 Å². The van der Waals surface area contributed by atoms with E-state index in [9.17, 15) is 18.0 Å². The predicted octanol–water partition coefficient (Wildman–Crippen LogP) is 3.16. The lowest BCUT2D eigenvalue weighted by molar-refractivity contribution is -0.122. The van der Waals surface area contributed by atoms with Gasteiger partial charge in [-0.3, -0.25) is 9.59 Å². The SMILES string of the molecule is CCCCNC(=O)C(=Cc1ccc(OS(=O)(=O)c2ccc(C)cc2)cc1)NC(C)=O. The zero-order valence-electron chi connectivity index (χ0n) is 17.3. The normalized spacial score (nSPS) is 11.6. The van der Waals surface area contributed by atoms with E-state index in [-0.39, 0.29) is 28.2 Å². The Hall–Kier alpha value is -3.13. The maximum Gasteiger partial charge on any atom is 0.339 e. The van der Waals surface area contributed by atoms with E-state index in [1.165, 1.54) is 37.3 Å². The molecule has 0 bridgehead atoms. The molecule has 0 saturated carbocycles. The molecule has 2 amide bonds. The van der Waals surface area contributed by atoms with E-state index < -0.39 is 10.1 Å². The molecule has 7 nitrogen and oxygen atoms in total. The number of hydrogen-bond donors (Lipinski definition) is 2. The fourth-order valence-electron chi connectivity index (χ4n) is 2.49. The average Bonchev–Trinajstić information content (AvgIpc) is 2.69. The second kappa shape index (κ2) is 10.6. The summed E-state index contributed by atoms with van der Waals surface area (Å²) < 4.78 is 29.9. The molecule has 0 unspecified atom stereocenters. The van der Waals surface area contributed by atoms with Crippen molar-refractivity contribution in [1.82, 2.24) is 10.6 Å². The second-order valence-electron chi connectivity index (χ2n) is 6.77. The van der Waals surface area contributed by atoms with Crippen molar-refractivity contribution in [3.8, 4) is 5.75 Å². The van der Waals surface area contributed by atoms with Crippen molar-refractivity contribution < 1.29 is 22.2 Å². The van der Waals surface area contributed by atoms with E-state index in [0.717, 1.165) is 18.4 Å². The Bertz CT molecular complexity index is 1010. The van der Waals surface area contributed by atoms with Gasteiger partial charge in [-0.1, -0.05) is 43.2 Å². The molecule has 2 aromatic carbocycles. The van der Waals surface area contributed by atoms with E-state index in [2.05, 4.69) is 10.6 Å². The van der Waals surface area contributed by atoms with Gasteiger partial charge in [-0.2, -0.15) is 8.42 Å². The molecule has 30 heavy (non-hydrogen) atoms. The number of hydrogen-bond acceptors (Lipinski definition) is 5. The van der Waals surface area contributed by atoms with Gasteiger partial charge in [-0.05, 0) is 49.2 Å². The zero-order chi connectivity index (χ0) is 22.1. The molecule has 0 heterocycles. The van der Waals surface area contributed by atoms with E-state index >= 15 is 0 Å². The number of nitrogens with one attached hydrogen (secondary N) is 2. The Morgan fingerprint density at radius 1 is 1.03 bits per heavy atom. The van der Waals surface area contributed by atoms with Gasteiger partial charge < -0.3 is 14.8 Å². The average molecular weight is 431 g/mol. The Morgan fingerprint density at radius 3 is 2.23 bits per heavy atom. The van der Waals surface area contributed by atoms with Crippen molar-refractivity contribution in [2.45, 2.75) is 38.5 Å². The van der Waals surface area contributed by atoms with Crippen LogP contribution in [0.1, 0.15) is 37.8 Å². The summed E-state index contributed by atoms with van der Waals surface area (Å²) in [6.07, 6.45) is 3.29. The smallest absolute Gasteiger partial charge is 0.339 e. The third kappa shape index (κ3) is 7.04. The first-order chi connectivity index (χ1) is 14.2. The summed E-state index contributed by atoms with van der Waals surface area (Å²) in [6.45, 7) is 5.71. The molecule has 0 saturated heterocycles. The number of carbonyl (C=O) groups excluding carboxylic acids is 2. The van der Waals surface area contributed by atoms with Gasteiger partial charge in [0.15, 0.2) is 0 Å². The minimum atomic E-state index is -3.94. The molecule has 0 aromatic heterocycles. The highest BCUT2D eigenvalue weighted by molar-refractivity contribution is 7.87. The predicted molar refractivity (Wildman–Crippen MR) is 115 cm³/mol. The highest BCUT2D eigenvalue weighted by Gasteiger charge is 2.16. The molecular formula is C22H26N2O5S. The maximum atomic E-state index is 12.4. The van der Waals surface area contributed by atoms with E-state index in [4.69, 9.17) is 4.18 Å². The van der Waals surface area contributed by atoms with Gasteiger partial charge in [0.05, 0.1) is 0 Å². The lowest BCUT2D eigenvalue weighted by Crippen LogP contribution is -2.34. The quantitative estimate of drug-likeness (QED) is 0.361. The standard InChI is InChI=1S/C22H26N2O5S/c1-4-5-14-23-22(26)21(24-17(3)25)15-18-8-10-19(11-9-18)29-30(27,28)20-12-6-16(2)7-13-20/h6-13,15H,4-5,14H2,1-3H3,(H,23,26)(H,24,25). The molecule has 160 valence electrons. The number of amides is 2. The van der Waals surface area contributed by atoms with Crippen molar-refractivity contribution >= 4 is 28.0 Å². The molecule has 0 aliphatic carbocycles. The van der Waals surface area contributed by atoms with Crippen molar-refractivity contribution in [3.05, 3.63) is 65.4 Å². The molecular weight excluding hydrogens is 404 g/mol. The van der Waals surface area contributed by atoms with Crippen LogP contribution < -0.4 is 14.8 Å². The molecule has 0 aliphatic heterocycles. The molecule has 0 spiro atoms. The first-order valence-electron chi connectivity index (χ1n) is 9.60. The Kier molecular flexibility index (Phi) is 8.17. The van der Waals surface area contributed by atoms with E-state index in [0.29, 0.717) is 12.1 Å². The van der Waals surface area contributed by atoms with Gasteiger partial charge in [0.2, 0.25) is 5.91 Å². The molecule has 2 N–H and O–H groups in total. The molecule has 2 aromatic rings. The lowest BCUT2D eigenvalue weighted by Gasteiger charge is -2.10. The molecule has 0 fully saturated rings. The minimum absolute atomic E-state index is 0.0637. The summed E-state index contributed by atoms with van der Waals surface area (Å²) >= 11 is 0. The molecule has 0 radical (unpaired) electrons. The number of benzene rings is 2. The van der Waals surface area contributed by atoms with Gasteiger partial charge in [0.1, 0.15) is 16.3 Å². The van der Waals surface area contributed by atoms with Crippen LogP contribution in [0.25, 0.3) is 6.08 Å². The molecule has 0 aliphatic rings. The van der Waals surface area contributed by atoms with Crippen LogP contribution in [-0.2, 0) is 19.7 Å². The van der Waals surface area contributed by atoms with Crippen molar-refractivity contribution in [2.75, 3.05) is 6.54 Å². The third-order valence-corrected chi connectivity index (χ3v) is 5.34. The number of carbonyl (C=O) groups is 2. The van der Waals surface area contributed by atoms with Crippen LogP contribution in [0, 0.1) is 6.92 Å². The number of rotatable bonds is 9. The zero-order valence-corrected chi connectivity index (χ0v) is 18.1. The molecule has 2 rings (SSSR count). The fraction of sp³-hybridized carbons (Fsp3) is 0.273.